The van der Waals surface area contributed by atoms with Crippen LogP contribution in [0.2, 0.25) is 5.02 Å². The Balaban J connectivity index is 0.00000161. The standard InChI is InChI=1S/C14H17ClN4O.ClH/c1-16-8-13-17-18-14(20-13)19-6-5-11(9-19)10-3-2-4-12(15)7-10;/h2-4,7,11,16H,5-6,8-9H2,1H3;1H. The lowest BCUT2D eigenvalue weighted by Crippen LogP contribution is -2.19. The van der Waals surface area contributed by atoms with Crippen LogP contribution in [0.4, 0.5) is 6.01 Å². The molecule has 114 valence electrons. The van der Waals surface area contributed by atoms with E-state index in [0.717, 1.165) is 24.5 Å². The van der Waals surface area contributed by atoms with Crippen molar-refractivity contribution in [2.45, 2.75) is 18.9 Å². The molecule has 1 unspecified atom stereocenters. The molecule has 0 amide bonds. The van der Waals surface area contributed by atoms with E-state index in [1.54, 1.807) is 0 Å². The summed E-state index contributed by atoms with van der Waals surface area (Å²) in [6, 6.07) is 8.67. The highest BCUT2D eigenvalue weighted by Crippen LogP contribution is 2.31. The first-order valence-corrected chi connectivity index (χ1v) is 7.11. The Morgan fingerprint density at radius 1 is 1.43 bits per heavy atom. The number of nitrogens with zero attached hydrogens (tertiary/aromatic N) is 3. The lowest BCUT2D eigenvalue weighted by Gasteiger charge is -2.13. The van der Waals surface area contributed by atoms with E-state index < -0.39 is 0 Å². The topological polar surface area (TPSA) is 54.2 Å². The maximum atomic E-state index is 6.05. The van der Waals surface area contributed by atoms with Crippen LogP contribution in [0.15, 0.2) is 28.7 Å². The summed E-state index contributed by atoms with van der Waals surface area (Å²) in [5.41, 5.74) is 1.27. The molecule has 1 atom stereocenters. The third-order valence-corrected chi connectivity index (χ3v) is 3.80. The minimum absolute atomic E-state index is 0. The Morgan fingerprint density at radius 3 is 3.05 bits per heavy atom. The maximum absolute atomic E-state index is 6.05. The van der Waals surface area contributed by atoms with Crippen LogP contribution in [0.1, 0.15) is 23.8 Å². The fraction of sp³-hybridized carbons (Fsp3) is 0.429. The van der Waals surface area contributed by atoms with E-state index >= 15 is 0 Å². The molecular formula is C14H18Cl2N4O. The molecule has 1 N–H and O–H groups in total. The average molecular weight is 329 g/mol. The van der Waals surface area contributed by atoms with Gasteiger partial charge >= 0.3 is 6.01 Å². The molecule has 0 radical (unpaired) electrons. The summed E-state index contributed by atoms with van der Waals surface area (Å²) < 4.78 is 5.63. The van der Waals surface area contributed by atoms with Crippen LogP contribution in [0.3, 0.4) is 0 Å². The maximum Gasteiger partial charge on any atom is 0.318 e. The van der Waals surface area contributed by atoms with Gasteiger partial charge in [0.1, 0.15) is 0 Å². The first-order valence-electron chi connectivity index (χ1n) is 6.73. The molecule has 2 heterocycles. The lowest BCUT2D eigenvalue weighted by atomic mass is 9.99. The number of halogens is 2. The molecule has 1 fully saturated rings. The third kappa shape index (κ3) is 3.67. The Kier molecular flexibility index (Phi) is 5.45. The number of benzene rings is 1. The molecule has 1 aliphatic rings. The highest BCUT2D eigenvalue weighted by atomic mass is 35.5. The molecule has 21 heavy (non-hydrogen) atoms. The molecular weight excluding hydrogens is 311 g/mol. The number of aromatic nitrogens is 2. The molecule has 1 aromatic heterocycles. The SMILES string of the molecule is CNCc1nnc(N2CCC(c3cccc(Cl)c3)C2)o1.Cl. The first kappa shape index (κ1) is 16.1. The Hall–Kier alpha value is -1.30. The van der Waals surface area contributed by atoms with Crippen LogP contribution in [0, 0.1) is 0 Å². The largest absolute Gasteiger partial charge is 0.407 e. The zero-order chi connectivity index (χ0) is 13.9. The quantitative estimate of drug-likeness (QED) is 0.935. The second-order valence-corrected chi connectivity index (χ2v) is 5.43. The molecule has 1 aromatic carbocycles. The van der Waals surface area contributed by atoms with Gasteiger partial charge in [0.05, 0.1) is 6.54 Å². The van der Waals surface area contributed by atoms with Gasteiger partial charge in [-0.15, -0.1) is 17.5 Å². The molecule has 0 aliphatic carbocycles. The molecule has 0 bridgehead atoms. The van der Waals surface area contributed by atoms with Crippen molar-refractivity contribution in [1.29, 1.82) is 0 Å². The molecule has 0 spiro atoms. The average Bonchev–Trinajstić information content (AvgIpc) is 3.07. The van der Waals surface area contributed by atoms with Crippen molar-refractivity contribution >= 4 is 30.0 Å². The van der Waals surface area contributed by atoms with Gasteiger partial charge in [-0.05, 0) is 31.2 Å². The third-order valence-electron chi connectivity index (χ3n) is 3.56. The predicted octanol–water partition coefficient (Wildman–Crippen LogP) is 2.86. The van der Waals surface area contributed by atoms with Crippen molar-refractivity contribution in [2.75, 3.05) is 25.0 Å². The summed E-state index contributed by atoms with van der Waals surface area (Å²) in [7, 11) is 1.86. The summed E-state index contributed by atoms with van der Waals surface area (Å²) in [5, 5.41) is 11.9. The fourth-order valence-corrected chi connectivity index (χ4v) is 2.76. The van der Waals surface area contributed by atoms with Gasteiger partial charge in [-0.3, -0.25) is 0 Å². The molecule has 0 saturated carbocycles. The van der Waals surface area contributed by atoms with Crippen molar-refractivity contribution in [3.63, 3.8) is 0 Å². The van der Waals surface area contributed by atoms with E-state index in [1.165, 1.54) is 5.56 Å². The van der Waals surface area contributed by atoms with Crippen molar-refractivity contribution in [3.05, 3.63) is 40.7 Å². The van der Waals surface area contributed by atoms with Crippen LogP contribution < -0.4 is 10.2 Å². The molecule has 3 rings (SSSR count). The Labute approximate surface area is 135 Å². The van der Waals surface area contributed by atoms with E-state index in [2.05, 4.69) is 26.5 Å². The van der Waals surface area contributed by atoms with Gasteiger partial charge in [-0.25, -0.2) is 0 Å². The summed E-state index contributed by atoms with van der Waals surface area (Å²) in [4.78, 5) is 2.14. The van der Waals surface area contributed by atoms with E-state index in [4.69, 9.17) is 16.0 Å². The summed E-state index contributed by atoms with van der Waals surface area (Å²) in [5.74, 6) is 1.09. The monoisotopic (exact) mass is 328 g/mol. The van der Waals surface area contributed by atoms with Gasteiger partial charge in [-0.1, -0.05) is 28.8 Å². The van der Waals surface area contributed by atoms with Gasteiger partial charge in [0.25, 0.3) is 0 Å². The number of hydrogen-bond donors (Lipinski definition) is 1. The molecule has 1 aliphatic heterocycles. The summed E-state index contributed by atoms with van der Waals surface area (Å²) >= 11 is 6.05. The smallest absolute Gasteiger partial charge is 0.318 e. The minimum atomic E-state index is 0. The van der Waals surface area contributed by atoms with Crippen LogP contribution in [0.25, 0.3) is 0 Å². The van der Waals surface area contributed by atoms with Gasteiger partial charge < -0.3 is 14.6 Å². The van der Waals surface area contributed by atoms with Crippen LogP contribution >= 0.6 is 24.0 Å². The van der Waals surface area contributed by atoms with Crippen LogP contribution in [-0.2, 0) is 6.54 Å². The number of rotatable bonds is 4. The lowest BCUT2D eigenvalue weighted by molar-refractivity contribution is 0.476. The Bertz CT molecular complexity index is 590. The highest BCUT2D eigenvalue weighted by molar-refractivity contribution is 6.30. The van der Waals surface area contributed by atoms with Gasteiger partial charge in [0.2, 0.25) is 5.89 Å². The fourth-order valence-electron chi connectivity index (χ4n) is 2.56. The van der Waals surface area contributed by atoms with Crippen LogP contribution in [-0.4, -0.2) is 30.3 Å². The van der Waals surface area contributed by atoms with Crippen molar-refractivity contribution in [1.82, 2.24) is 15.5 Å². The zero-order valence-electron chi connectivity index (χ0n) is 11.8. The van der Waals surface area contributed by atoms with Crippen LogP contribution in [0.5, 0.6) is 0 Å². The predicted molar refractivity (Wildman–Crippen MR) is 85.3 cm³/mol. The molecule has 1 saturated heterocycles. The number of hydrogen-bond acceptors (Lipinski definition) is 5. The van der Waals surface area contributed by atoms with E-state index in [9.17, 15) is 0 Å². The van der Waals surface area contributed by atoms with Gasteiger partial charge in [0, 0.05) is 24.0 Å². The molecule has 7 heteroatoms. The second-order valence-electron chi connectivity index (χ2n) is 5.00. The van der Waals surface area contributed by atoms with Gasteiger partial charge in [-0.2, -0.15) is 0 Å². The first-order chi connectivity index (χ1) is 9.76. The zero-order valence-corrected chi connectivity index (χ0v) is 13.3. The molecule has 5 nitrogen and oxygen atoms in total. The van der Waals surface area contributed by atoms with Gasteiger partial charge in [0.15, 0.2) is 0 Å². The van der Waals surface area contributed by atoms with Crippen molar-refractivity contribution in [3.8, 4) is 0 Å². The molecule has 2 aromatic rings. The van der Waals surface area contributed by atoms with Crippen molar-refractivity contribution in [2.24, 2.45) is 0 Å². The van der Waals surface area contributed by atoms with Crippen molar-refractivity contribution < 1.29 is 4.42 Å². The van der Waals surface area contributed by atoms with E-state index in [-0.39, 0.29) is 12.4 Å². The number of anilines is 1. The normalized spacial score (nSPS) is 17.8. The van der Waals surface area contributed by atoms with E-state index in [0.29, 0.717) is 24.4 Å². The van der Waals surface area contributed by atoms with E-state index in [1.807, 2.05) is 25.2 Å². The highest BCUT2D eigenvalue weighted by Gasteiger charge is 2.27. The summed E-state index contributed by atoms with van der Waals surface area (Å²) in [6.07, 6.45) is 1.07. The minimum Gasteiger partial charge on any atom is -0.407 e. The second kappa shape index (κ2) is 7.11. The number of nitrogens with one attached hydrogen (secondary N) is 1. The Morgan fingerprint density at radius 2 is 2.29 bits per heavy atom. The summed E-state index contributed by atoms with van der Waals surface area (Å²) in [6.45, 7) is 2.42.